The molecule has 12 heteroatoms. The molecule has 1 atom stereocenters. The number of nitrogens with zero attached hydrogens (tertiary/aromatic N) is 2. The Morgan fingerprint density at radius 1 is 0.942 bits per heavy atom. The summed E-state index contributed by atoms with van der Waals surface area (Å²) in [4.78, 5) is 60.6. The number of anilines is 1. The first-order valence-electron chi connectivity index (χ1n) is 17.6. The number of fused-ring (bicyclic) bond motifs is 3. The molecular formula is C40H46FN5O6. The van der Waals surface area contributed by atoms with Gasteiger partial charge in [-0.1, -0.05) is 48.5 Å². The molecule has 1 fully saturated rings. The van der Waals surface area contributed by atoms with Crippen LogP contribution in [0.1, 0.15) is 64.2 Å². The third-order valence-electron chi connectivity index (χ3n) is 9.82. The average Bonchev–Trinajstić information content (AvgIpc) is 3.64. The first kappa shape index (κ1) is 36.4. The summed E-state index contributed by atoms with van der Waals surface area (Å²) >= 11 is 0. The van der Waals surface area contributed by atoms with Crippen LogP contribution in [-0.2, 0) is 37.5 Å². The lowest BCUT2D eigenvalue weighted by molar-refractivity contribution is -0.139. The zero-order valence-electron chi connectivity index (χ0n) is 30.3. The first-order valence-corrected chi connectivity index (χ1v) is 17.6. The summed E-state index contributed by atoms with van der Waals surface area (Å²) in [5.74, 6) is -1.23. The number of likely N-dealkylation sites (tertiary alicyclic amines) is 1. The number of hydrogen-bond donors (Lipinski definition) is 3. The normalized spacial score (nSPS) is 16.0. The summed E-state index contributed by atoms with van der Waals surface area (Å²) < 4.78 is 25.7. The van der Waals surface area contributed by atoms with Gasteiger partial charge in [-0.25, -0.2) is 14.0 Å². The number of carbonyl (C=O) groups is 4. The Hall–Kier alpha value is -5.39. The molecule has 3 heterocycles. The largest absolute Gasteiger partial charge is 0.444 e. The number of para-hydroxylation sites is 1. The Morgan fingerprint density at radius 2 is 1.63 bits per heavy atom. The first-order chi connectivity index (χ1) is 24.6. The van der Waals surface area contributed by atoms with Gasteiger partial charge in [-0.05, 0) is 88.4 Å². The van der Waals surface area contributed by atoms with E-state index < -0.39 is 46.5 Å². The van der Waals surface area contributed by atoms with Crippen LogP contribution >= 0.6 is 0 Å². The molecule has 274 valence electrons. The quantitative estimate of drug-likeness (QED) is 0.195. The molecule has 52 heavy (non-hydrogen) atoms. The molecular weight excluding hydrogens is 665 g/mol. The molecule has 0 saturated carbocycles. The molecule has 6 rings (SSSR count). The highest BCUT2D eigenvalue weighted by molar-refractivity contribution is 5.95. The lowest BCUT2D eigenvalue weighted by atomic mass is 9.74. The fraction of sp³-hybridized carbons (Fsp3) is 0.400. The number of H-pyrrole nitrogens is 1. The van der Waals surface area contributed by atoms with Crippen molar-refractivity contribution in [3.05, 3.63) is 102 Å². The van der Waals surface area contributed by atoms with Crippen molar-refractivity contribution in [1.29, 1.82) is 0 Å². The number of piperidine rings is 1. The molecule has 0 radical (unpaired) electrons. The van der Waals surface area contributed by atoms with E-state index >= 15 is 0 Å². The number of hydrogen-bond acceptors (Lipinski definition) is 6. The van der Waals surface area contributed by atoms with Gasteiger partial charge in [-0.15, -0.1) is 0 Å². The fourth-order valence-corrected chi connectivity index (χ4v) is 7.08. The van der Waals surface area contributed by atoms with Crippen molar-refractivity contribution in [1.82, 2.24) is 20.5 Å². The van der Waals surface area contributed by atoms with Gasteiger partial charge in [0.15, 0.2) is 0 Å². The maximum absolute atomic E-state index is 14.7. The summed E-state index contributed by atoms with van der Waals surface area (Å²) in [6, 6.07) is 20.6. The number of carbonyl (C=O) groups excluding carboxylic acids is 4. The molecule has 0 bridgehead atoms. The Bertz CT molecular complexity index is 1960. The molecule has 2 aliphatic rings. The second kappa shape index (κ2) is 14.3. The van der Waals surface area contributed by atoms with Crippen LogP contribution in [0, 0.1) is 5.82 Å². The SMILES string of the molecule is CC(C)(C)OC(=O)NC(C)(C)C(=O)N[C@H](Cc1c[nH]c2ccccc12)C(=O)N1CCC2(CC1)CN(C(=O)OCc1ccccc1)c1ccc(F)cc12. The highest BCUT2D eigenvalue weighted by Crippen LogP contribution is 2.47. The molecule has 3 aromatic carbocycles. The minimum atomic E-state index is -1.40. The van der Waals surface area contributed by atoms with E-state index in [4.69, 9.17) is 9.47 Å². The van der Waals surface area contributed by atoms with Gasteiger partial charge in [0.2, 0.25) is 11.8 Å². The monoisotopic (exact) mass is 711 g/mol. The number of aromatic amines is 1. The number of alkyl carbamates (subject to hydrolysis) is 1. The van der Waals surface area contributed by atoms with Gasteiger partial charge >= 0.3 is 12.2 Å². The van der Waals surface area contributed by atoms with Crippen LogP contribution in [0.15, 0.2) is 79.0 Å². The van der Waals surface area contributed by atoms with Crippen LogP contribution in [0.2, 0.25) is 0 Å². The van der Waals surface area contributed by atoms with E-state index in [2.05, 4.69) is 15.6 Å². The molecule has 4 aromatic rings. The number of ether oxygens (including phenoxy) is 2. The van der Waals surface area contributed by atoms with E-state index in [-0.39, 0.29) is 18.9 Å². The topological polar surface area (TPSA) is 133 Å². The number of benzene rings is 3. The van der Waals surface area contributed by atoms with Gasteiger partial charge in [-0.2, -0.15) is 0 Å². The second-order valence-electron chi connectivity index (χ2n) is 15.2. The van der Waals surface area contributed by atoms with Crippen LogP contribution in [-0.4, -0.2) is 70.7 Å². The Balaban J connectivity index is 1.19. The van der Waals surface area contributed by atoms with Crippen LogP contribution in [0.25, 0.3) is 10.9 Å². The second-order valence-corrected chi connectivity index (χ2v) is 15.2. The van der Waals surface area contributed by atoms with Crippen LogP contribution in [0.4, 0.5) is 19.7 Å². The number of amides is 4. The maximum Gasteiger partial charge on any atom is 0.414 e. The highest BCUT2D eigenvalue weighted by atomic mass is 19.1. The van der Waals surface area contributed by atoms with Crippen molar-refractivity contribution in [3.8, 4) is 0 Å². The molecule has 0 aliphatic carbocycles. The van der Waals surface area contributed by atoms with Gasteiger partial charge in [-0.3, -0.25) is 14.5 Å². The van der Waals surface area contributed by atoms with Crippen molar-refractivity contribution in [2.45, 2.75) is 83.1 Å². The fourth-order valence-electron chi connectivity index (χ4n) is 7.08. The summed E-state index contributed by atoms with van der Waals surface area (Å²) in [5.41, 5.74) is 1.18. The summed E-state index contributed by atoms with van der Waals surface area (Å²) in [6.07, 6.45) is 1.71. The summed E-state index contributed by atoms with van der Waals surface area (Å²) in [6.45, 7) is 9.34. The number of rotatable bonds is 8. The standard InChI is InChI=1S/C40H46FN5O6/c1-38(2,3)52-36(49)44-39(4,5)35(48)43-32(21-27-23-42-31-14-10-9-13-29(27)31)34(47)45-19-17-40(18-20-45)25-46(33-16-15-28(41)22-30(33)40)37(50)51-24-26-11-7-6-8-12-26/h6-16,22-23,32,42H,17-21,24-25H2,1-5H3,(H,43,48)(H,44,49)/t32-/m1/s1. The molecule has 0 unspecified atom stereocenters. The van der Waals surface area contributed by atoms with Crippen LogP contribution in [0.3, 0.4) is 0 Å². The van der Waals surface area contributed by atoms with Crippen molar-refractivity contribution in [2.24, 2.45) is 0 Å². The Labute approximate surface area is 302 Å². The average molecular weight is 712 g/mol. The molecule has 2 aliphatic heterocycles. The van der Waals surface area contributed by atoms with Crippen LogP contribution in [0.5, 0.6) is 0 Å². The predicted octanol–water partition coefficient (Wildman–Crippen LogP) is 6.35. The van der Waals surface area contributed by atoms with Gasteiger partial charge in [0, 0.05) is 48.6 Å². The van der Waals surface area contributed by atoms with Crippen molar-refractivity contribution in [2.75, 3.05) is 24.5 Å². The molecule has 1 aromatic heterocycles. The molecule has 11 nitrogen and oxygen atoms in total. The zero-order valence-corrected chi connectivity index (χ0v) is 30.3. The number of aromatic nitrogens is 1. The molecule has 1 saturated heterocycles. The minimum absolute atomic E-state index is 0.107. The third kappa shape index (κ3) is 7.90. The van der Waals surface area contributed by atoms with Crippen molar-refractivity contribution < 1.29 is 33.0 Å². The molecule has 3 N–H and O–H groups in total. The van der Waals surface area contributed by atoms with E-state index in [1.807, 2.05) is 60.8 Å². The predicted molar refractivity (Wildman–Crippen MR) is 195 cm³/mol. The number of nitrogens with one attached hydrogen (secondary N) is 3. The van der Waals surface area contributed by atoms with E-state index in [0.717, 1.165) is 27.6 Å². The zero-order chi connectivity index (χ0) is 37.3. The highest BCUT2D eigenvalue weighted by Gasteiger charge is 2.48. The van der Waals surface area contributed by atoms with E-state index in [9.17, 15) is 23.6 Å². The van der Waals surface area contributed by atoms with Crippen molar-refractivity contribution in [3.63, 3.8) is 0 Å². The summed E-state index contributed by atoms with van der Waals surface area (Å²) in [5, 5.41) is 6.48. The minimum Gasteiger partial charge on any atom is -0.444 e. The van der Waals surface area contributed by atoms with E-state index in [1.165, 1.54) is 12.1 Å². The Kier molecular flexibility index (Phi) is 10.0. The van der Waals surface area contributed by atoms with E-state index in [0.29, 0.717) is 38.2 Å². The lowest BCUT2D eigenvalue weighted by Crippen LogP contribution is -2.61. The van der Waals surface area contributed by atoms with Gasteiger partial charge in [0.1, 0.15) is 29.6 Å². The van der Waals surface area contributed by atoms with Gasteiger partial charge < -0.3 is 30.0 Å². The van der Waals surface area contributed by atoms with Gasteiger partial charge in [0.05, 0.1) is 5.69 Å². The van der Waals surface area contributed by atoms with Crippen molar-refractivity contribution >= 4 is 40.6 Å². The lowest BCUT2D eigenvalue weighted by Gasteiger charge is -2.41. The van der Waals surface area contributed by atoms with Gasteiger partial charge in [0.25, 0.3) is 0 Å². The number of halogens is 1. The van der Waals surface area contributed by atoms with E-state index in [1.54, 1.807) is 50.5 Å². The maximum atomic E-state index is 14.7. The Morgan fingerprint density at radius 3 is 2.35 bits per heavy atom. The van der Waals surface area contributed by atoms with Crippen LogP contribution < -0.4 is 15.5 Å². The third-order valence-corrected chi connectivity index (χ3v) is 9.82. The summed E-state index contributed by atoms with van der Waals surface area (Å²) in [7, 11) is 0. The smallest absolute Gasteiger partial charge is 0.414 e. The molecule has 4 amide bonds. The molecule has 1 spiro atoms.